The Labute approximate surface area is 489 Å². The van der Waals surface area contributed by atoms with Gasteiger partial charge in [-0.1, -0.05) is 304 Å². The number of esters is 3. The van der Waals surface area contributed by atoms with Gasteiger partial charge in [-0.2, -0.15) is 0 Å². The van der Waals surface area contributed by atoms with Crippen molar-refractivity contribution in [3.8, 4) is 0 Å². The lowest BCUT2D eigenvalue weighted by atomic mass is 10.0. The molecule has 6 nitrogen and oxygen atoms in total. The minimum absolute atomic E-state index is 0.0784. The van der Waals surface area contributed by atoms with Crippen LogP contribution in [0.1, 0.15) is 329 Å². The van der Waals surface area contributed by atoms with E-state index in [9.17, 15) is 14.4 Å². The van der Waals surface area contributed by atoms with E-state index in [-0.39, 0.29) is 31.1 Å². The van der Waals surface area contributed by atoms with E-state index in [1.807, 2.05) is 0 Å². The summed E-state index contributed by atoms with van der Waals surface area (Å²) in [6, 6.07) is 0. The molecule has 6 heteroatoms. The molecule has 1 unspecified atom stereocenters. The summed E-state index contributed by atoms with van der Waals surface area (Å²) in [5.41, 5.74) is 0. The molecule has 79 heavy (non-hydrogen) atoms. The van der Waals surface area contributed by atoms with Crippen molar-refractivity contribution in [3.63, 3.8) is 0 Å². The van der Waals surface area contributed by atoms with Gasteiger partial charge in [0.2, 0.25) is 0 Å². The highest BCUT2D eigenvalue weighted by molar-refractivity contribution is 5.71. The molecule has 0 radical (unpaired) electrons. The summed E-state index contributed by atoms with van der Waals surface area (Å²) in [5.74, 6) is -0.876. The van der Waals surface area contributed by atoms with Gasteiger partial charge >= 0.3 is 17.9 Å². The Hall–Kier alpha value is -3.67. The highest BCUT2D eigenvalue weighted by atomic mass is 16.6. The molecule has 0 N–H and O–H groups in total. The minimum Gasteiger partial charge on any atom is -0.462 e. The van der Waals surface area contributed by atoms with Crippen molar-refractivity contribution in [1.29, 1.82) is 0 Å². The van der Waals surface area contributed by atoms with Crippen molar-refractivity contribution in [3.05, 3.63) is 97.2 Å². The molecule has 0 fully saturated rings. The third-order valence-corrected chi connectivity index (χ3v) is 14.6. The van der Waals surface area contributed by atoms with Crippen LogP contribution in [0.5, 0.6) is 0 Å². The molecule has 0 aliphatic rings. The number of ether oxygens (including phenoxy) is 3. The van der Waals surface area contributed by atoms with Crippen molar-refractivity contribution < 1.29 is 28.6 Å². The van der Waals surface area contributed by atoms with Crippen LogP contribution in [0.4, 0.5) is 0 Å². The average Bonchev–Trinajstić information content (AvgIpc) is 3.45. The monoisotopic (exact) mass is 1100 g/mol. The van der Waals surface area contributed by atoms with Crippen molar-refractivity contribution >= 4 is 17.9 Å². The van der Waals surface area contributed by atoms with Gasteiger partial charge in [-0.3, -0.25) is 14.4 Å². The summed E-state index contributed by atoms with van der Waals surface area (Å²) in [5, 5.41) is 0. The summed E-state index contributed by atoms with van der Waals surface area (Å²) in [7, 11) is 0. The molecule has 0 saturated heterocycles. The van der Waals surface area contributed by atoms with Crippen LogP contribution >= 0.6 is 0 Å². The average molecular weight is 1100 g/mol. The number of rotatable bonds is 61. The number of allylic oxidation sites excluding steroid dienone is 16. The Kier molecular flexibility index (Phi) is 63.7. The summed E-state index contributed by atoms with van der Waals surface area (Å²) in [6.07, 6.45) is 89.8. The first kappa shape index (κ1) is 75.3. The molecular weight excluding hydrogens is 973 g/mol. The van der Waals surface area contributed by atoms with Crippen LogP contribution in [0, 0.1) is 0 Å². The Balaban J connectivity index is 4.30. The first-order valence-corrected chi connectivity index (χ1v) is 33.7. The van der Waals surface area contributed by atoms with E-state index >= 15 is 0 Å². The highest BCUT2D eigenvalue weighted by Crippen LogP contribution is 2.17. The zero-order valence-corrected chi connectivity index (χ0v) is 52.1. The normalized spacial score (nSPS) is 12.7. The molecule has 0 aliphatic carbocycles. The molecule has 0 aromatic heterocycles. The maximum atomic E-state index is 12.9. The smallest absolute Gasteiger partial charge is 0.306 e. The fourth-order valence-electron chi connectivity index (χ4n) is 9.54. The summed E-state index contributed by atoms with van der Waals surface area (Å²) >= 11 is 0. The second-order valence-electron chi connectivity index (χ2n) is 22.4. The van der Waals surface area contributed by atoms with Gasteiger partial charge in [0.15, 0.2) is 6.10 Å². The second kappa shape index (κ2) is 66.8. The molecule has 1 atom stereocenters. The van der Waals surface area contributed by atoms with E-state index in [1.165, 1.54) is 180 Å². The third kappa shape index (κ3) is 65.0. The lowest BCUT2D eigenvalue weighted by Gasteiger charge is -2.18. The van der Waals surface area contributed by atoms with Gasteiger partial charge in [0.1, 0.15) is 13.2 Å². The van der Waals surface area contributed by atoms with Crippen LogP contribution in [0.25, 0.3) is 0 Å². The molecule has 0 heterocycles. The van der Waals surface area contributed by atoms with Crippen LogP contribution in [0.15, 0.2) is 97.2 Å². The Morgan fingerprint density at radius 1 is 0.266 bits per heavy atom. The molecule has 454 valence electrons. The Morgan fingerprint density at radius 2 is 0.494 bits per heavy atom. The zero-order valence-electron chi connectivity index (χ0n) is 52.1. The van der Waals surface area contributed by atoms with E-state index < -0.39 is 6.10 Å². The topological polar surface area (TPSA) is 78.9 Å². The second-order valence-corrected chi connectivity index (χ2v) is 22.4. The van der Waals surface area contributed by atoms with Gasteiger partial charge in [-0.05, 0) is 103 Å². The molecule has 0 aromatic rings. The lowest BCUT2D eigenvalue weighted by molar-refractivity contribution is -0.167. The van der Waals surface area contributed by atoms with E-state index in [4.69, 9.17) is 14.2 Å². The van der Waals surface area contributed by atoms with Gasteiger partial charge in [0.25, 0.3) is 0 Å². The van der Waals surface area contributed by atoms with Crippen molar-refractivity contribution in [2.24, 2.45) is 0 Å². The van der Waals surface area contributed by atoms with E-state index in [0.717, 1.165) is 109 Å². The molecule has 0 rings (SSSR count). The van der Waals surface area contributed by atoms with Gasteiger partial charge in [0, 0.05) is 19.3 Å². The maximum Gasteiger partial charge on any atom is 0.306 e. The zero-order chi connectivity index (χ0) is 57.1. The van der Waals surface area contributed by atoms with Crippen molar-refractivity contribution in [1.82, 2.24) is 0 Å². The summed E-state index contributed by atoms with van der Waals surface area (Å²) in [4.78, 5) is 38.4. The maximum absolute atomic E-state index is 12.9. The highest BCUT2D eigenvalue weighted by Gasteiger charge is 2.19. The Bertz CT molecular complexity index is 1540. The van der Waals surface area contributed by atoms with E-state index in [1.54, 1.807) is 0 Å². The number of hydrogen-bond acceptors (Lipinski definition) is 6. The quantitative estimate of drug-likeness (QED) is 0.0261. The number of carbonyl (C=O) groups excluding carboxylic acids is 3. The largest absolute Gasteiger partial charge is 0.462 e. The number of hydrogen-bond donors (Lipinski definition) is 0. The molecule has 0 spiro atoms. The van der Waals surface area contributed by atoms with Gasteiger partial charge < -0.3 is 14.2 Å². The molecule has 0 saturated carbocycles. The van der Waals surface area contributed by atoms with Crippen LogP contribution in [0.2, 0.25) is 0 Å². The van der Waals surface area contributed by atoms with Gasteiger partial charge in [0.05, 0.1) is 0 Å². The Morgan fingerprint density at radius 3 is 0.785 bits per heavy atom. The first-order chi connectivity index (χ1) is 39.0. The fraction of sp³-hybridized carbons (Fsp3) is 0.740. The van der Waals surface area contributed by atoms with Crippen molar-refractivity contribution in [2.75, 3.05) is 13.2 Å². The van der Waals surface area contributed by atoms with E-state index in [2.05, 4.69) is 118 Å². The summed E-state index contributed by atoms with van der Waals surface area (Å²) < 4.78 is 17.0. The SMILES string of the molecule is CC/C=C\C/C=C\C/C=C\C/C=C\C/C=C\C/C=C\CCCCCCCCCCCCC(=O)OCC(COC(=O)CCCCCCCCCCCCCCCC)OC(=O)CCCCCCCCC/C=C\C/C=C\CCCCCC. The number of unbranched alkanes of at least 4 members (excludes halogenated alkanes) is 34. The lowest BCUT2D eigenvalue weighted by Crippen LogP contribution is -2.30. The van der Waals surface area contributed by atoms with Gasteiger partial charge in [-0.15, -0.1) is 0 Å². The first-order valence-electron chi connectivity index (χ1n) is 33.7. The minimum atomic E-state index is -0.783. The number of carbonyl (C=O) groups is 3. The standard InChI is InChI=1S/C73H126O6/c1-4-7-10-13-16-19-22-25-28-30-32-33-34-35-36-37-38-39-40-41-42-44-45-48-51-54-57-60-63-66-72(75)78-69-70(68-77-71(74)65-62-59-56-53-50-47-27-24-21-18-15-12-9-6-3)79-73(76)67-64-61-58-55-52-49-46-43-31-29-26-23-20-17-14-11-8-5-2/h7,10,16,19-20,23,25,28-29,31-33,35-36,38-39,70H,4-6,8-9,11-15,17-18,21-22,24,26-27,30,34,37,40-69H2,1-3H3/b10-7-,19-16-,23-20-,28-25-,31-29-,33-32-,36-35-,39-38-. The molecule has 0 bridgehead atoms. The van der Waals surface area contributed by atoms with Crippen LogP contribution in [-0.4, -0.2) is 37.2 Å². The van der Waals surface area contributed by atoms with Crippen LogP contribution in [-0.2, 0) is 28.6 Å². The predicted octanol–water partition coefficient (Wildman–Crippen LogP) is 23.2. The molecule has 0 amide bonds. The third-order valence-electron chi connectivity index (χ3n) is 14.6. The summed E-state index contributed by atoms with van der Waals surface area (Å²) in [6.45, 7) is 6.54. The molecule has 0 aliphatic heterocycles. The van der Waals surface area contributed by atoms with E-state index in [0.29, 0.717) is 19.3 Å². The van der Waals surface area contributed by atoms with Crippen LogP contribution < -0.4 is 0 Å². The molecular formula is C73H126O6. The van der Waals surface area contributed by atoms with Gasteiger partial charge in [-0.25, -0.2) is 0 Å². The van der Waals surface area contributed by atoms with Crippen molar-refractivity contribution in [2.45, 2.75) is 335 Å². The van der Waals surface area contributed by atoms with Crippen LogP contribution in [0.3, 0.4) is 0 Å². The fourth-order valence-corrected chi connectivity index (χ4v) is 9.54. The molecule has 0 aromatic carbocycles. The predicted molar refractivity (Wildman–Crippen MR) is 344 cm³/mol.